The second-order valence-corrected chi connectivity index (χ2v) is 6.70. The molecule has 2 unspecified atom stereocenters. The van der Waals surface area contributed by atoms with Gasteiger partial charge in [-0.3, -0.25) is 4.90 Å². The lowest BCUT2D eigenvalue weighted by Crippen LogP contribution is -2.62. The minimum atomic E-state index is 0.302. The van der Waals surface area contributed by atoms with E-state index in [9.17, 15) is 0 Å². The molecule has 2 fully saturated rings. The van der Waals surface area contributed by atoms with Gasteiger partial charge in [-0.1, -0.05) is 20.8 Å². The average Bonchev–Trinajstić information content (AvgIpc) is 2.37. The molecule has 1 aliphatic carbocycles. The first-order valence-corrected chi connectivity index (χ1v) is 7.77. The molecule has 0 radical (unpaired) electrons. The third-order valence-electron chi connectivity index (χ3n) is 5.13. The zero-order chi connectivity index (χ0) is 13.2. The number of rotatable bonds is 3. The van der Waals surface area contributed by atoms with E-state index >= 15 is 0 Å². The first-order chi connectivity index (χ1) is 8.59. The first-order valence-electron chi connectivity index (χ1n) is 7.77. The van der Waals surface area contributed by atoms with Crippen LogP contribution in [0.4, 0.5) is 0 Å². The molecule has 0 aromatic carbocycles. The van der Waals surface area contributed by atoms with Crippen LogP contribution in [-0.2, 0) is 0 Å². The van der Waals surface area contributed by atoms with Crippen LogP contribution in [0.15, 0.2) is 0 Å². The molecule has 0 aromatic heterocycles. The summed E-state index contributed by atoms with van der Waals surface area (Å²) in [5.41, 5.74) is 6.51. The Morgan fingerprint density at radius 1 is 1.06 bits per heavy atom. The van der Waals surface area contributed by atoms with Crippen LogP contribution in [0.1, 0.15) is 40.0 Å². The Morgan fingerprint density at radius 3 is 2.06 bits per heavy atom. The minimum absolute atomic E-state index is 0.302. The fraction of sp³-hybridized carbons (Fsp3) is 1.00. The standard InChI is InChI=1S/C15H31N3/c1-4-17-5-7-18(8-6-17)15(12-16)10-13(2)9-14(3)11-15/h13-14H,4-12,16H2,1-3H3. The van der Waals surface area contributed by atoms with Crippen LogP contribution in [0, 0.1) is 11.8 Å². The van der Waals surface area contributed by atoms with Crippen LogP contribution in [-0.4, -0.2) is 54.6 Å². The lowest BCUT2D eigenvalue weighted by Gasteiger charge is -2.52. The molecule has 2 N–H and O–H groups in total. The molecule has 2 rings (SSSR count). The topological polar surface area (TPSA) is 32.5 Å². The lowest BCUT2D eigenvalue weighted by atomic mass is 9.70. The van der Waals surface area contributed by atoms with Gasteiger partial charge in [-0.25, -0.2) is 0 Å². The average molecular weight is 253 g/mol. The van der Waals surface area contributed by atoms with Crippen molar-refractivity contribution in [3.63, 3.8) is 0 Å². The molecule has 3 heteroatoms. The highest BCUT2D eigenvalue weighted by Gasteiger charge is 2.42. The van der Waals surface area contributed by atoms with E-state index in [1.165, 1.54) is 52.0 Å². The monoisotopic (exact) mass is 253 g/mol. The number of hydrogen-bond acceptors (Lipinski definition) is 3. The zero-order valence-electron chi connectivity index (χ0n) is 12.5. The van der Waals surface area contributed by atoms with Crippen molar-refractivity contribution in [1.82, 2.24) is 9.80 Å². The van der Waals surface area contributed by atoms with Crippen molar-refractivity contribution < 1.29 is 0 Å². The molecule has 18 heavy (non-hydrogen) atoms. The number of likely N-dealkylation sites (N-methyl/N-ethyl adjacent to an activating group) is 1. The minimum Gasteiger partial charge on any atom is -0.329 e. The van der Waals surface area contributed by atoms with Gasteiger partial charge in [0.25, 0.3) is 0 Å². The van der Waals surface area contributed by atoms with Gasteiger partial charge >= 0.3 is 0 Å². The van der Waals surface area contributed by atoms with E-state index in [0.29, 0.717) is 5.54 Å². The van der Waals surface area contributed by atoms with Crippen LogP contribution in [0.3, 0.4) is 0 Å². The van der Waals surface area contributed by atoms with E-state index < -0.39 is 0 Å². The van der Waals surface area contributed by atoms with E-state index in [2.05, 4.69) is 30.6 Å². The number of nitrogens with zero attached hydrogens (tertiary/aromatic N) is 2. The van der Waals surface area contributed by atoms with Gasteiger partial charge in [0.05, 0.1) is 0 Å². The molecule has 3 nitrogen and oxygen atoms in total. The van der Waals surface area contributed by atoms with Gasteiger partial charge in [-0.15, -0.1) is 0 Å². The molecule has 2 aliphatic rings. The van der Waals surface area contributed by atoms with Crippen molar-refractivity contribution in [3.8, 4) is 0 Å². The molecule has 1 aliphatic heterocycles. The highest BCUT2D eigenvalue weighted by atomic mass is 15.3. The van der Waals surface area contributed by atoms with E-state index in [1.807, 2.05) is 0 Å². The van der Waals surface area contributed by atoms with Gasteiger partial charge in [0.2, 0.25) is 0 Å². The molecule has 1 saturated carbocycles. The van der Waals surface area contributed by atoms with Crippen molar-refractivity contribution in [2.75, 3.05) is 39.3 Å². The summed E-state index contributed by atoms with van der Waals surface area (Å²) in [4.78, 5) is 5.27. The normalized spacial score (nSPS) is 40.0. The summed E-state index contributed by atoms with van der Waals surface area (Å²) in [5, 5.41) is 0. The summed E-state index contributed by atoms with van der Waals surface area (Å²) < 4.78 is 0. The maximum absolute atomic E-state index is 6.21. The van der Waals surface area contributed by atoms with Crippen molar-refractivity contribution in [2.24, 2.45) is 17.6 Å². The number of piperazine rings is 1. The summed E-state index contributed by atoms with van der Waals surface area (Å²) in [6.45, 7) is 14.0. The third-order valence-corrected chi connectivity index (χ3v) is 5.13. The Balaban J connectivity index is 2.03. The lowest BCUT2D eigenvalue weighted by molar-refractivity contribution is -0.0116. The SMILES string of the molecule is CCN1CCN(C2(CN)CC(C)CC(C)C2)CC1. The van der Waals surface area contributed by atoms with Crippen LogP contribution in [0.2, 0.25) is 0 Å². The molecular formula is C15H31N3. The molecule has 0 amide bonds. The molecule has 1 heterocycles. The first kappa shape index (κ1) is 14.3. The summed E-state index contributed by atoms with van der Waals surface area (Å²) >= 11 is 0. The van der Waals surface area contributed by atoms with Crippen molar-refractivity contribution in [2.45, 2.75) is 45.6 Å². The molecular weight excluding hydrogens is 222 g/mol. The fourth-order valence-corrected chi connectivity index (χ4v) is 4.33. The molecule has 0 spiro atoms. The quantitative estimate of drug-likeness (QED) is 0.832. The van der Waals surface area contributed by atoms with E-state index in [-0.39, 0.29) is 0 Å². The van der Waals surface area contributed by atoms with E-state index in [4.69, 9.17) is 5.73 Å². The molecule has 106 valence electrons. The summed E-state index contributed by atoms with van der Waals surface area (Å²) in [6.07, 6.45) is 4.00. The number of hydrogen-bond donors (Lipinski definition) is 1. The smallest absolute Gasteiger partial charge is 0.0337 e. The maximum atomic E-state index is 6.21. The predicted molar refractivity (Wildman–Crippen MR) is 77.7 cm³/mol. The van der Waals surface area contributed by atoms with Crippen molar-refractivity contribution in [1.29, 1.82) is 0 Å². The van der Waals surface area contributed by atoms with Crippen molar-refractivity contribution >= 4 is 0 Å². The maximum Gasteiger partial charge on any atom is 0.0337 e. The highest BCUT2D eigenvalue weighted by Crippen LogP contribution is 2.39. The highest BCUT2D eigenvalue weighted by molar-refractivity contribution is 4.99. The Kier molecular flexibility index (Phi) is 4.68. The van der Waals surface area contributed by atoms with Gasteiger partial charge in [0, 0.05) is 38.3 Å². The fourth-order valence-electron chi connectivity index (χ4n) is 4.33. The van der Waals surface area contributed by atoms with Gasteiger partial charge < -0.3 is 10.6 Å². The second kappa shape index (κ2) is 5.89. The summed E-state index contributed by atoms with van der Waals surface area (Å²) in [6, 6.07) is 0. The Labute approximate surface area is 113 Å². The van der Waals surface area contributed by atoms with Gasteiger partial charge in [0.15, 0.2) is 0 Å². The largest absolute Gasteiger partial charge is 0.329 e. The van der Waals surface area contributed by atoms with Crippen molar-refractivity contribution in [3.05, 3.63) is 0 Å². The van der Waals surface area contributed by atoms with E-state index in [0.717, 1.165) is 18.4 Å². The Morgan fingerprint density at radius 2 is 1.61 bits per heavy atom. The molecule has 0 aromatic rings. The van der Waals surface area contributed by atoms with Crippen LogP contribution in [0.25, 0.3) is 0 Å². The van der Waals surface area contributed by atoms with Gasteiger partial charge in [-0.05, 0) is 37.6 Å². The molecule has 0 bridgehead atoms. The molecule has 2 atom stereocenters. The number of nitrogens with two attached hydrogens (primary N) is 1. The van der Waals surface area contributed by atoms with Gasteiger partial charge in [-0.2, -0.15) is 0 Å². The second-order valence-electron chi connectivity index (χ2n) is 6.70. The third kappa shape index (κ3) is 2.89. The Hall–Kier alpha value is -0.120. The van der Waals surface area contributed by atoms with Crippen LogP contribution in [0.5, 0.6) is 0 Å². The van der Waals surface area contributed by atoms with Gasteiger partial charge in [0.1, 0.15) is 0 Å². The summed E-state index contributed by atoms with van der Waals surface area (Å²) in [7, 11) is 0. The zero-order valence-corrected chi connectivity index (χ0v) is 12.5. The summed E-state index contributed by atoms with van der Waals surface area (Å²) in [5.74, 6) is 1.67. The van der Waals surface area contributed by atoms with Crippen LogP contribution < -0.4 is 5.73 Å². The van der Waals surface area contributed by atoms with Crippen LogP contribution >= 0.6 is 0 Å². The molecule has 1 saturated heterocycles. The Bertz CT molecular complexity index is 248. The van der Waals surface area contributed by atoms with E-state index in [1.54, 1.807) is 0 Å². The predicted octanol–water partition coefficient (Wildman–Crippen LogP) is 1.78.